The number of oxime groups is 1. The van der Waals surface area contributed by atoms with Gasteiger partial charge in [-0.15, -0.1) is 0 Å². The second kappa shape index (κ2) is 6.43. The maximum atomic E-state index is 10.9. The molecule has 1 aliphatic heterocycles. The number of hydrogen-bond donors (Lipinski definition) is 1. The minimum atomic E-state index is -0.0762. The van der Waals surface area contributed by atoms with Crippen LogP contribution in [0.2, 0.25) is 0 Å². The summed E-state index contributed by atoms with van der Waals surface area (Å²) in [5, 5.41) is 6.89. The van der Waals surface area contributed by atoms with Gasteiger partial charge < -0.3 is 10.2 Å². The highest BCUT2D eigenvalue weighted by atomic mass is 16.6. The Morgan fingerprint density at radius 2 is 1.73 bits per heavy atom. The van der Waals surface area contributed by atoms with Gasteiger partial charge in [0.05, 0.1) is 12.3 Å². The summed E-state index contributed by atoms with van der Waals surface area (Å²) in [6.07, 6.45) is 0.637. The minimum Gasteiger partial charge on any atom is -0.390 e. The molecule has 4 nitrogen and oxygen atoms in total. The van der Waals surface area contributed by atoms with Crippen molar-refractivity contribution in [2.45, 2.75) is 19.4 Å². The number of hydrogen-bond acceptors (Lipinski definition) is 3. The third-order valence-corrected chi connectivity index (χ3v) is 3.64. The predicted octanol–water partition coefficient (Wildman–Crippen LogP) is 2.98. The molecule has 2 aromatic carbocycles. The fourth-order valence-electron chi connectivity index (χ4n) is 2.45. The second-order valence-electron chi connectivity index (χ2n) is 5.35. The average Bonchev–Trinajstić information content (AvgIpc) is 3.03. The van der Waals surface area contributed by atoms with E-state index in [0.29, 0.717) is 13.0 Å². The van der Waals surface area contributed by atoms with Crippen LogP contribution < -0.4 is 5.32 Å². The van der Waals surface area contributed by atoms with Gasteiger partial charge in [0.1, 0.15) is 6.10 Å². The van der Waals surface area contributed by atoms with Crippen molar-refractivity contribution in [1.29, 1.82) is 0 Å². The van der Waals surface area contributed by atoms with E-state index >= 15 is 0 Å². The molecular weight excluding hydrogens is 276 g/mol. The Kier molecular flexibility index (Phi) is 4.19. The highest BCUT2D eigenvalue weighted by Gasteiger charge is 2.22. The molecule has 0 aromatic heterocycles. The highest BCUT2D eigenvalue weighted by Crippen LogP contribution is 2.22. The van der Waals surface area contributed by atoms with Crippen molar-refractivity contribution in [3.05, 3.63) is 60.2 Å². The molecule has 1 heterocycles. The van der Waals surface area contributed by atoms with E-state index in [1.165, 1.54) is 18.1 Å². The van der Waals surface area contributed by atoms with Crippen molar-refractivity contribution in [3.63, 3.8) is 0 Å². The lowest BCUT2D eigenvalue weighted by Crippen LogP contribution is -2.30. The minimum absolute atomic E-state index is 0.0516. The lowest BCUT2D eigenvalue weighted by atomic mass is 10.0. The van der Waals surface area contributed by atoms with Gasteiger partial charge in [0.15, 0.2) is 0 Å². The van der Waals surface area contributed by atoms with Gasteiger partial charge in [-0.3, -0.25) is 4.79 Å². The van der Waals surface area contributed by atoms with E-state index in [1.807, 2.05) is 18.2 Å². The number of benzene rings is 2. The molecule has 0 radical (unpaired) electrons. The number of amides is 1. The zero-order valence-corrected chi connectivity index (χ0v) is 12.5. The largest absolute Gasteiger partial charge is 0.390 e. The lowest BCUT2D eigenvalue weighted by molar-refractivity contribution is -0.119. The van der Waals surface area contributed by atoms with Crippen LogP contribution in [-0.4, -0.2) is 24.3 Å². The molecule has 1 N–H and O–H groups in total. The Bertz CT molecular complexity index is 678. The number of carbonyl (C=O) groups excluding carboxylic acids is 1. The molecule has 0 bridgehead atoms. The SMILES string of the molecule is CC(=O)NCC1CC(c2ccc(-c3ccccc3)cc2)=NO1. The van der Waals surface area contributed by atoms with E-state index in [4.69, 9.17) is 4.84 Å². The van der Waals surface area contributed by atoms with Crippen molar-refractivity contribution < 1.29 is 9.63 Å². The third kappa shape index (κ3) is 3.34. The standard InChI is InChI=1S/C18H18N2O2/c1-13(21)19-12-17-11-18(20-22-17)16-9-7-15(8-10-16)14-5-3-2-4-6-14/h2-10,17H,11-12H2,1H3,(H,19,21). The Balaban J connectivity index is 1.66. The quantitative estimate of drug-likeness (QED) is 0.942. The summed E-state index contributed by atoms with van der Waals surface area (Å²) in [5.74, 6) is -0.0516. The van der Waals surface area contributed by atoms with E-state index < -0.39 is 0 Å². The summed E-state index contributed by atoms with van der Waals surface area (Å²) in [7, 11) is 0. The van der Waals surface area contributed by atoms with Crippen LogP contribution in [0, 0.1) is 0 Å². The molecule has 22 heavy (non-hydrogen) atoms. The molecule has 1 amide bonds. The smallest absolute Gasteiger partial charge is 0.217 e. The maximum Gasteiger partial charge on any atom is 0.217 e. The first-order chi connectivity index (χ1) is 10.7. The van der Waals surface area contributed by atoms with Crippen LogP contribution in [-0.2, 0) is 9.63 Å². The lowest BCUT2D eigenvalue weighted by Gasteiger charge is -2.08. The normalized spacial score (nSPS) is 16.8. The van der Waals surface area contributed by atoms with Crippen molar-refractivity contribution in [3.8, 4) is 11.1 Å². The Morgan fingerprint density at radius 3 is 2.41 bits per heavy atom. The van der Waals surface area contributed by atoms with E-state index in [9.17, 15) is 4.79 Å². The molecule has 112 valence electrons. The number of nitrogens with one attached hydrogen (secondary N) is 1. The fraction of sp³-hybridized carbons (Fsp3) is 0.222. The van der Waals surface area contributed by atoms with Gasteiger partial charge >= 0.3 is 0 Å². The Hall–Kier alpha value is -2.62. The number of rotatable bonds is 4. The van der Waals surface area contributed by atoms with Crippen molar-refractivity contribution in [2.24, 2.45) is 5.16 Å². The molecule has 0 spiro atoms. The van der Waals surface area contributed by atoms with Crippen LogP contribution in [0.1, 0.15) is 18.9 Å². The van der Waals surface area contributed by atoms with Crippen LogP contribution in [0.25, 0.3) is 11.1 Å². The molecule has 1 aliphatic rings. The van der Waals surface area contributed by atoms with Crippen molar-refractivity contribution in [1.82, 2.24) is 5.32 Å². The zero-order chi connectivity index (χ0) is 15.4. The molecule has 0 aliphatic carbocycles. The van der Waals surface area contributed by atoms with Gasteiger partial charge in [-0.25, -0.2) is 0 Å². The second-order valence-corrected chi connectivity index (χ2v) is 5.35. The van der Waals surface area contributed by atoms with Crippen LogP contribution in [0.15, 0.2) is 59.8 Å². The molecular formula is C18H18N2O2. The van der Waals surface area contributed by atoms with E-state index in [2.05, 4.69) is 46.9 Å². The first-order valence-corrected chi connectivity index (χ1v) is 7.35. The zero-order valence-electron chi connectivity index (χ0n) is 12.5. The molecule has 4 heteroatoms. The average molecular weight is 294 g/mol. The summed E-state index contributed by atoms with van der Waals surface area (Å²) in [6, 6.07) is 18.6. The molecule has 1 atom stereocenters. The number of nitrogens with zero attached hydrogens (tertiary/aromatic N) is 1. The molecule has 2 aromatic rings. The van der Waals surface area contributed by atoms with E-state index in [-0.39, 0.29) is 12.0 Å². The molecule has 1 unspecified atom stereocenters. The van der Waals surface area contributed by atoms with Crippen molar-refractivity contribution in [2.75, 3.05) is 6.54 Å². The summed E-state index contributed by atoms with van der Waals surface area (Å²) in [5.41, 5.74) is 4.36. The monoisotopic (exact) mass is 294 g/mol. The highest BCUT2D eigenvalue weighted by molar-refractivity contribution is 6.01. The summed E-state index contributed by atoms with van der Waals surface area (Å²) < 4.78 is 0. The molecule has 0 fully saturated rings. The van der Waals surface area contributed by atoms with Crippen LogP contribution in [0.5, 0.6) is 0 Å². The first kappa shape index (κ1) is 14.3. The molecule has 0 saturated heterocycles. The van der Waals surface area contributed by atoms with Gasteiger partial charge in [0.2, 0.25) is 5.91 Å². The topological polar surface area (TPSA) is 50.7 Å². The maximum absolute atomic E-state index is 10.9. The molecule has 3 rings (SSSR count). The van der Waals surface area contributed by atoms with Gasteiger partial charge in [0.25, 0.3) is 0 Å². The van der Waals surface area contributed by atoms with Crippen LogP contribution >= 0.6 is 0 Å². The predicted molar refractivity (Wildman–Crippen MR) is 86.6 cm³/mol. The van der Waals surface area contributed by atoms with Crippen LogP contribution in [0.4, 0.5) is 0 Å². The van der Waals surface area contributed by atoms with Gasteiger partial charge in [-0.2, -0.15) is 0 Å². The van der Waals surface area contributed by atoms with E-state index in [1.54, 1.807) is 0 Å². The Morgan fingerprint density at radius 1 is 1.09 bits per heavy atom. The molecule has 0 saturated carbocycles. The van der Waals surface area contributed by atoms with Gasteiger partial charge in [-0.05, 0) is 16.7 Å². The summed E-state index contributed by atoms with van der Waals surface area (Å²) in [4.78, 5) is 16.3. The first-order valence-electron chi connectivity index (χ1n) is 7.35. The summed E-state index contributed by atoms with van der Waals surface area (Å²) >= 11 is 0. The van der Waals surface area contributed by atoms with Gasteiger partial charge in [0, 0.05) is 13.3 Å². The third-order valence-electron chi connectivity index (χ3n) is 3.64. The van der Waals surface area contributed by atoms with E-state index in [0.717, 1.165) is 11.3 Å². The van der Waals surface area contributed by atoms with Crippen molar-refractivity contribution >= 4 is 11.6 Å². The summed E-state index contributed by atoms with van der Waals surface area (Å²) in [6.45, 7) is 1.99. The van der Waals surface area contributed by atoms with Gasteiger partial charge in [-0.1, -0.05) is 59.8 Å². The van der Waals surface area contributed by atoms with Crippen LogP contribution in [0.3, 0.4) is 0 Å². The Labute approximate surface area is 129 Å². The fourth-order valence-corrected chi connectivity index (χ4v) is 2.45. The number of carbonyl (C=O) groups is 1.